The van der Waals surface area contributed by atoms with E-state index in [1.807, 2.05) is 6.92 Å². The largest absolute Gasteiger partial charge is 0.456 e. The normalized spacial score (nSPS) is 11.3. The van der Waals surface area contributed by atoms with E-state index in [1.54, 1.807) is 30.5 Å². The van der Waals surface area contributed by atoms with Crippen LogP contribution in [0.3, 0.4) is 0 Å². The summed E-state index contributed by atoms with van der Waals surface area (Å²) in [5.41, 5.74) is 6.77. The van der Waals surface area contributed by atoms with Gasteiger partial charge in [-0.25, -0.2) is 0 Å². The number of carbonyl (C=O) groups is 1. The van der Waals surface area contributed by atoms with E-state index in [2.05, 4.69) is 24.1 Å². The van der Waals surface area contributed by atoms with Crippen molar-refractivity contribution in [2.45, 2.75) is 6.92 Å². The Morgan fingerprint density at radius 3 is 2.73 bits per heavy atom. The minimum absolute atomic E-state index is 0.290. The van der Waals surface area contributed by atoms with E-state index in [1.165, 1.54) is 6.08 Å². The predicted octanol–water partition coefficient (Wildman–Crippen LogP) is 2.86. The van der Waals surface area contributed by atoms with Gasteiger partial charge in [-0.2, -0.15) is 5.53 Å². The van der Waals surface area contributed by atoms with Crippen molar-refractivity contribution in [3.8, 4) is 5.75 Å². The molecule has 0 aromatic heterocycles. The molecule has 5 nitrogen and oxygen atoms in total. The van der Waals surface area contributed by atoms with E-state index in [4.69, 9.17) is 22.2 Å². The second-order valence-electron chi connectivity index (χ2n) is 4.35. The van der Waals surface area contributed by atoms with Crippen molar-refractivity contribution < 1.29 is 9.53 Å². The van der Waals surface area contributed by atoms with Gasteiger partial charge < -0.3 is 10.2 Å². The smallest absolute Gasteiger partial charge is 0.150 e. The lowest BCUT2D eigenvalue weighted by Gasteiger charge is -2.13. The summed E-state index contributed by atoms with van der Waals surface area (Å²) in [4.78, 5) is 10.9. The zero-order valence-corrected chi connectivity index (χ0v) is 13.0. The van der Waals surface area contributed by atoms with Gasteiger partial charge in [0.05, 0.1) is 0 Å². The van der Waals surface area contributed by atoms with Crippen molar-refractivity contribution in [2.24, 2.45) is 5.84 Å². The average Bonchev–Trinajstić information content (AvgIpc) is 2.48. The minimum atomic E-state index is 0.290. The molecule has 0 unspecified atom stereocenters. The van der Waals surface area contributed by atoms with Gasteiger partial charge in [-0.15, -0.1) is 0 Å². The van der Waals surface area contributed by atoms with Crippen molar-refractivity contribution in [3.63, 3.8) is 0 Å². The zero-order chi connectivity index (χ0) is 16.5. The third-order valence-corrected chi connectivity index (χ3v) is 2.73. The number of hydrogen-bond acceptors (Lipinski definition) is 5. The van der Waals surface area contributed by atoms with Crippen LogP contribution in [0.1, 0.15) is 15.9 Å². The summed E-state index contributed by atoms with van der Waals surface area (Å²) in [5, 5.41) is 0.290. The number of hydrazine groups is 2. The van der Waals surface area contributed by atoms with Crippen LogP contribution in [-0.2, 0) is 0 Å². The lowest BCUT2D eigenvalue weighted by Crippen LogP contribution is -2.33. The van der Waals surface area contributed by atoms with Gasteiger partial charge in [0.1, 0.15) is 17.8 Å². The van der Waals surface area contributed by atoms with Crippen LogP contribution in [0.25, 0.3) is 0 Å². The van der Waals surface area contributed by atoms with Gasteiger partial charge in [-0.1, -0.05) is 36.9 Å². The van der Waals surface area contributed by atoms with E-state index in [-0.39, 0.29) is 0 Å². The summed E-state index contributed by atoms with van der Waals surface area (Å²) in [5.74, 6) is 6.03. The first kappa shape index (κ1) is 17.7. The molecule has 0 aliphatic carbocycles. The molecular formula is C16H18ClN3O2. The maximum Gasteiger partial charge on any atom is 0.150 e. The highest BCUT2D eigenvalue weighted by atomic mass is 35.5. The Hall–Kier alpha value is -2.34. The Bertz CT molecular complexity index is 636. The summed E-state index contributed by atoms with van der Waals surface area (Å²) in [6.45, 7) is 9.37. The van der Waals surface area contributed by atoms with Gasteiger partial charge in [-0.05, 0) is 30.7 Å². The molecule has 0 aliphatic heterocycles. The highest BCUT2D eigenvalue weighted by Crippen LogP contribution is 2.25. The van der Waals surface area contributed by atoms with Crippen LogP contribution in [0.5, 0.6) is 5.75 Å². The maximum absolute atomic E-state index is 10.9. The fourth-order valence-electron chi connectivity index (χ4n) is 1.52. The van der Waals surface area contributed by atoms with Crippen molar-refractivity contribution in [1.82, 2.24) is 11.0 Å². The molecule has 0 saturated heterocycles. The zero-order valence-electron chi connectivity index (χ0n) is 12.2. The van der Waals surface area contributed by atoms with Crippen molar-refractivity contribution in [1.29, 1.82) is 0 Å². The molecule has 0 saturated carbocycles. The molecule has 4 N–H and O–H groups in total. The number of ether oxygens (including phenoxy) is 1. The highest BCUT2D eigenvalue weighted by Gasteiger charge is 2.08. The highest BCUT2D eigenvalue weighted by molar-refractivity contribution is 6.30. The van der Waals surface area contributed by atoms with Crippen LogP contribution < -0.4 is 21.5 Å². The number of hydrogen-bond donors (Lipinski definition) is 3. The number of benzene rings is 1. The molecule has 0 amide bonds. The van der Waals surface area contributed by atoms with Crippen molar-refractivity contribution >= 4 is 17.9 Å². The van der Waals surface area contributed by atoms with Crippen LogP contribution in [-0.4, -0.2) is 6.29 Å². The average molecular weight is 320 g/mol. The van der Waals surface area contributed by atoms with Gasteiger partial charge in [0, 0.05) is 22.4 Å². The summed E-state index contributed by atoms with van der Waals surface area (Å²) < 4.78 is 5.82. The number of aldehydes is 1. The number of nitrogens with one attached hydrogen (secondary N) is 2. The van der Waals surface area contributed by atoms with Gasteiger partial charge in [0.15, 0.2) is 0 Å². The monoisotopic (exact) mass is 319 g/mol. The Kier molecular flexibility index (Phi) is 7.12. The summed E-state index contributed by atoms with van der Waals surface area (Å²) in [6, 6.07) is 5.15. The summed E-state index contributed by atoms with van der Waals surface area (Å²) in [7, 11) is 0. The van der Waals surface area contributed by atoms with Crippen LogP contribution in [0, 0.1) is 6.92 Å². The van der Waals surface area contributed by atoms with Gasteiger partial charge in [0.2, 0.25) is 0 Å². The fraction of sp³-hybridized carbons (Fsp3) is 0.0625. The van der Waals surface area contributed by atoms with Gasteiger partial charge in [-0.3, -0.25) is 10.6 Å². The molecule has 22 heavy (non-hydrogen) atoms. The predicted molar refractivity (Wildman–Crippen MR) is 89.0 cm³/mol. The van der Waals surface area contributed by atoms with Crippen molar-refractivity contribution in [2.75, 3.05) is 0 Å². The van der Waals surface area contributed by atoms with E-state index in [0.29, 0.717) is 27.7 Å². The Labute approximate surface area is 134 Å². The third-order valence-electron chi connectivity index (χ3n) is 2.62. The molecule has 1 aromatic carbocycles. The lowest BCUT2D eigenvalue weighted by atomic mass is 10.1. The molecule has 0 aliphatic rings. The van der Waals surface area contributed by atoms with Crippen LogP contribution in [0.15, 0.2) is 66.1 Å². The Morgan fingerprint density at radius 2 is 2.14 bits per heavy atom. The SMILES string of the molecule is C=C(Cl)/C=C(/Oc1cc(C=O)ccc1C)C(=C)/C=C\NNN. The van der Waals surface area contributed by atoms with Crippen LogP contribution in [0.2, 0.25) is 0 Å². The second-order valence-corrected chi connectivity index (χ2v) is 4.83. The summed E-state index contributed by atoms with van der Waals surface area (Å²) >= 11 is 5.82. The molecule has 0 radical (unpaired) electrons. The molecule has 0 spiro atoms. The number of rotatable bonds is 8. The first-order valence-electron chi connectivity index (χ1n) is 6.34. The number of halogens is 1. The molecule has 0 heterocycles. The number of carbonyl (C=O) groups excluding carboxylic acids is 1. The van der Waals surface area contributed by atoms with E-state index < -0.39 is 0 Å². The first-order chi connectivity index (χ1) is 10.5. The minimum Gasteiger partial charge on any atom is -0.456 e. The van der Waals surface area contributed by atoms with Gasteiger partial charge in [0.25, 0.3) is 0 Å². The molecule has 1 rings (SSSR count). The standard InChI is InChI=1S/C16H18ClN3O2/c1-11-4-5-14(10-21)9-16(11)22-15(8-13(3)17)12(2)6-7-19-20-18/h4-10,19-20H,2-3,18H2,1H3/b7-6-,15-8+. The Balaban J connectivity index is 3.07. The van der Waals surface area contributed by atoms with Crippen LogP contribution in [0.4, 0.5) is 0 Å². The lowest BCUT2D eigenvalue weighted by molar-refractivity contribution is 0.112. The van der Waals surface area contributed by atoms with Gasteiger partial charge >= 0.3 is 0 Å². The molecule has 1 aromatic rings. The first-order valence-corrected chi connectivity index (χ1v) is 6.72. The molecule has 6 heteroatoms. The molecular weight excluding hydrogens is 302 g/mol. The number of allylic oxidation sites excluding steroid dienone is 3. The number of aryl methyl sites for hydroxylation is 1. The molecule has 116 valence electrons. The van der Waals surface area contributed by atoms with Crippen molar-refractivity contribution in [3.05, 3.63) is 77.2 Å². The van der Waals surface area contributed by atoms with Crippen LogP contribution >= 0.6 is 11.6 Å². The quantitative estimate of drug-likeness (QED) is 0.226. The fourth-order valence-corrected chi connectivity index (χ4v) is 1.62. The summed E-state index contributed by atoms with van der Waals surface area (Å²) in [6.07, 6.45) is 5.48. The second kappa shape index (κ2) is 8.84. The maximum atomic E-state index is 10.9. The number of nitrogens with two attached hydrogens (primary N) is 1. The topological polar surface area (TPSA) is 76.4 Å². The molecule has 0 fully saturated rings. The van der Waals surface area contributed by atoms with E-state index in [9.17, 15) is 4.79 Å². The van der Waals surface area contributed by atoms with E-state index >= 15 is 0 Å². The Morgan fingerprint density at radius 1 is 1.41 bits per heavy atom. The molecule has 0 bridgehead atoms. The third kappa shape index (κ3) is 5.57. The molecule has 0 atom stereocenters. The van der Waals surface area contributed by atoms with E-state index in [0.717, 1.165) is 11.8 Å².